The zero-order chi connectivity index (χ0) is 19.6. The van der Waals surface area contributed by atoms with Crippen LogP contribution < -0.4 is 5.32 Å². The summed E-state index contributed by atoms with van der Waals surface area (Å²) in [6.45, 7) is 0. The number of pyridine rings is 1. The number of carbonyl (C=O) groups excluding carboxylic acids is 1. The average Bonchev–Trinajstić information content (AvgIpc) is 3.45. The van der Waals surface area contributed by atoms with Crippen molar-refractivity contribution in [3.05, 3.63) is 42.5 Å². The van der Waals surface area contributed by atoms with E-state index < -0.39 is 15.8 Å². The molecule has 2 fully saturated rings. The Hall–Kier alpha value is -2.35. The van der Waals surface area contributed by atoms with Gasteiger partial charge in [-0.2, -0.15) is 0 Å². The molecule has 1 N–H and O–H groups in total. The molecule has 0 radical (unpaired) electrons. The molecule has 1 unspecified atom stereocenters. The van der Waals surface area contributed by atoms with Gasteiger partial charge in [-0.1, -0.05) is 31.7 Å². The van der Waals surface area contributed by atoms with Crippen molar-refractivity contribution in [3.8, 4) is 0 Å². The molecule has 7 nitrogen and oxygen atoms in total. The molecule has 4 rings (SSSR count). The molecule has 2 aromatic rings. The van der Waals surface area contributed by atoms with Crippen LogP contribution in [0.15, 0.2) is 41.9 Å². The Morgan fingerprint density at radius 3 is 2.46 bits per heavy atom. The van der Waals surface area contributed by atoms with Gasteiger partial charge in [-0.05, 0) is 36.8 Å². The predicted octanol–water partition coefficient (Wildman–Crippen LogP) is 3.11. The Labute approximate surface area is 164 Å². The van der Waals surface area contributed by atoms with Crippen molar-refractivity contribution >= 4 is 21.6 Å². The third-order valence-corrected chi connectivity index (χ3v) is 7.76. The first kappa shape index (κ1) is 19.0. The molecule has 0 spiro atoms. The number of hydrogen-bond acceptors (Lipinski definition) is 6. The van der Waals surface area contributed by atoms with E-state index in [2.05, 4.69) is 20.3 Å². The lowest BCUT2D eigenvalue weighted by Gasteiger charge is -2.20. The fraction of sp³-hybridized carbons (Fsp3) is 0.500. The van der Waals surface area contributed by atoms with E-state index >= 15 is 0 Å². The second kappa shape index (κ2) is 7.95. The van der Waals surface area contributed by atoms with Crippen molar-refractivity contribution in [2.75, 3.05) is 5.32 Å². The van der Waals surface area contributed by atoms with Crippen molar-refractivity contribution in [2.24, 2.45) is 5.92 Å². The number of aromatic nitrogens is 3. The third-order valence-electron chi connectivity index (χ3n) is 5.59. The van der Waals surface area contributed by atoms with Gasteiger partial charge in [0.25, 0.3) is 0 Å². The summed E-state index contributed by atoms with van der Waals surface area (Å²) in [5.74, 6) is 0.347. The molecule has 2 aliphatic rings. The third kappa shape index (κ3) is 4.22. The standard InChI is InChI=1S/C20H24N4O3S/c25-20(24-18-13-21-9-10-22-18)17(11-14-3-1-2-4-14)15-5-8-19(23-12-15)28(26,27)16-6-7-16/h5,8-10,12-14,16-17H,1-4,6-7,11H2,(H,22,24,25). The van der Waals surface area contributed by atoms with Gasteiger partial charge in [0.05, 0.1) is 17.4 Å². The maximum Gasteiger partial charge on any atom is 0.233 e. The lowest BCUT2D eigenvalue weighted by atomic mass is 9.88. The Kier molecular flexibility index (Phi) is 5.39. The Morgan fingerprint density at radius 1 is 1.07 bits per heavy atom. The Bertz CT molecular complexity index is 922. The molecule has 2 saturated carbocycles. The molecule has 8 heteroatoms. The van der Waals surface area contributed by atoms with Gasteiger partial charge in [0, 0.05) is 18.6 Å². The Morgan fingerprint density at radius 2 is 1.86 bits per heavy atom. The van der Waals surface area contributed by atoms with Crippen molar-refractivity contribution in [3.63, 3.8) is 0 Å². The van der Waals surface area contributed by atoms with Gasteiger partial charge in [0.1, 0.15) is 0 Å². The van der Waals surface area contributed by atoms with E-state index in [0.29, 0.717) is 24.6 Å². The minimum atomic E-state index is -3.33. The summed E-state index contributed by atoms with van der Waals surface area (Å²) in [5.41, 5.74) is 0.739. The van der Waals surface area contributed by atoms with Gasteiger partial charge < -0.3 is 5.32 Å². The maximum atomic E-state index is 13.0. The summed E-state index contributed by atoms with van der Waals surface area (Å²) in [5, 5.41) is 2.64. The Balaban J connectivity index is 1.56. The van der Waals surface area contributed by atoms with Crippen LogP contribution in [-0.4, -0.2) is 34.5 Å². The van der Waals surface area contributed by atoms with E-state index in [1.165, 1.54) is 25.2 Å². The quantitative estimate of drug-likeness (QED) is 0.766. The molecule has 148 valence electrons. The highest BCUT2D eigenvalue weighted by Gasteiger charge is 2.38. The van der Waals surface area contributed by atoms with E-state index in [4.69, 9.17) is 0 Å². The van der Waals surface area contributed by atoms with Crippen LogP contribution in [0.5, 0.6) is 0 Å². The largest absolute Gasteiger partial charge is 0.309 e. The van der Waals surface area contributed by atoms with Crippen LogP contribution >= 0.6 is 0 Å². The van der Waals surface area contributed by atoms with Crippen LogP contribution in [0.2, 0.25) is 0 Å². The van der Waals surface area contributed by atoms with E-state index in [0.717, 1.165) is 24.8 Å². The van der Waals surface area contributed by atoms with Gasteiger partial charge in [-0.3, -0.25) is 9.78 Å². The summed E-state index contributed by atoms with van der Waals surface area (Å²) in [4.78, 5) is 25.3. The molecule has 1 amide bonds. The van der Waals surface area contributed by atoms with Gasteiger partial charge in [0.15, 0.2) is 20.7 Å². The maximum absolute atomic E-state index is 13.0. The molecular formula is C20H24N4O3S. The van der Waals surface area contributed by atoms with Crippen LogP contribution in [0.1, 0.15) is 56.4 Å². The highest BCUT2D eigenvalue weighted by Crippen LogP contribution is 2.36. The van der Waals surface area contributed by atoms with Crippen molar-refractivity contribution in [1.29, 1.82) is 0 Å². The van der Waals surface area contributed by atoms with E-state index in [1.807, 2.05) is 0 Å². The highest BCUT2D eigenvalue weighted by atomic mass is 32.2. The second-order valence-electron chi connectivity index (χ2n) is 7.69. The molecule has 2 heterocycles. The van der Waals surface area contributed by atoms with Crippen LogP contribution in [-0.2, 0) is 14.6 Å². The van der Waals surface area contributed by atoms with Crippen LogP contribution in [0.25, 0.3) is 0 Å². The van der Waals surface area contributed by atoms with Gasteiger partial charge in [-0.25, -0.2) is 18.4 Å². The molecule has 0 aromatic carbocycles. The topological polar surface area (TPSA) is 102 Å². The summed E-state index contributed by atoms with van der Waals surface area (Å²) in [6.07, 6.45) is 12.9. The molecule has 0 aliphatic heterocycles. The SMILES string of the molecule is O=C(Nc1cnccn1)C(CC1CCCC1)c1ccc(S(=O)(=O)C2CC2)nc1. The second-order valence-corrected chi connectivity index (χ2v) is 9.87. The summed E-state index contributed by atoms with van der Waals surface area (Å²) in [7, 11) is -3.33. The van der Waals surface area contributed by atoms with Gasteiger partial charge >= 0.3 is 0 Å². The van der Waals surface area contributed by atoms with Gasteiger partial charge in [0.2, 0.25) is 5.91 Å². The van der Waals surface area contributed by atoms with Crippen LogP contribution in [0.3, 0.4) is 0 Å². The number of hydrogen-bond donors (Lipinski definition) is 1. The average molecular weight is 401 g/mol. The van der Waals surface area contributed by atoms with Crippen LogP contribution in [0, 0.1) is 5.92 Å². The molecular weight excluding hydrogens is 376 g/mol. The van der Waals surface area contributed by atoms with E-state index in [9.17, 15) is 13.2 Å². The first-order chi connectivity index (χ1) is 13.5. The van der Waals surface area contributed by atoms with E-state index in [1.54, 1.807) is 24.5 Å². The number of anilines is 1. The number of rotatable bonds is 7. The molecule has 2 aliphatic carbocycles. The zero-order valence-electron chi connectivity index (χ0n) is 15.6. The first-order valence-electron chi connectivity index (χ1n) is 9.81. The molecule has 1 atom stereocenters. The number of sulfone groups is 1. The number of nitrogens with one attached hydrogen (secondary N) is 1. The predicted molar refractivity (Wildman–Crippen MR) is 104 cm³/mol. The molecule has 2 aromatic heterocycles. The minimum absolute atomic E-state index is 0.104. The van der Waals surface area contributed by atoms with Crippen LogP contribution in [0.4, 0.5) is 5.82 Å². The number of carbonyl (C=O) groups is 1. The molecule has 0 bridgehead atoms. The monoisotopic (exact) mass is 400 g/mol. The lowest BCUT2D eigenvalue weighted by molar-refractivity contribution is -0.118. The smallest absolute Gasteiger partial charge is 0.233 e. The van der Waals surface area contributed by atoms with Gasteiger partial charge in [-0.15, -0.1) is 0 Å². The van der Waals surface area contributed by atoms with Crippen molar-refractivity contribution in [1.82, 2.24) is 15.0 Å². The number of nitrogens with zero attached hydrogens (tertiary/aromatic N) is 3. The first-order valence-corrected chi connectivity index (χ1v) is 11.4. The van der Waals surface area contributed by atoms with Crippen molar-refractivity contribution < 1.29 is 13.2 Å². The van der Waals surface area contributed by atoms with Crippen molar-refractivity contribution in [2.45, 2.75) is 61.1 Å². The number of amides is 1. The summed E-state index contributed by atoms with van der Waals surface area (Å²) in [6, 6.07) is 3.28. The lowest BCUT2D eigenvalue weighted by Crippen LogP contribution is -2.24. The summed E-state index contributed by atoms with van der Waals surface area (Å²) < 4.78 is 24.7. The zero-order valence-corrected chi connectivity index (χ0v) is 16.4. The molecule has 0 saturated heterocycles. The fourth-order valence-corrected chi connectivity index (χ4v) is 5.42. The highest BCUT2D eigenvalue weighted by molar-refractivity contribution is 7.92. The normalized spacial score (nSPS) is 18.7. The minimum Gasteiger partial charge on any atom is -0.309 e. The molecule has 28 heavy (non-hydrogen) atoms. The summed E-state index contributed by atoms with van der Waals surface area (Å²) >= 11 is 0. The van der Waals surface area contributed by atoms with E-state index in [-0.39, 0.29) is 16.2 Å². The fourth-order valence-electron chi connectivity index (χ4n) is 3.87.